The average Bonchev–Trinajstić information content (AvgIpc) is 3.30. The minimum atomic E-state index is -0.296. The van der Waals surface area contributed by atoms with Crippen molar-refractivity contribution in [3.8, 4) is 22.8 Å². The average molecular weight is 407 g/mol. The smallest absolute Gasteiger partial charge is 0.247 e. The van der Waals surface area contributed by atoms with E-state index in [1.54, 1.807) is 12.1 Å². The zero-order chi connectivity index (χ0) is 19.8. The molecule has 29 heavy (non-hydrogen) atoms. The van der Waals surface area contributed by atoms with Crippen molar-refractivity contribution in [1.82, 2.24) is 25.0 Å². The lowest BCUT2D eigenvalue weighted by Gasteiger charge is -2.11. The van der Waals surface area contributed by atoms with E-state index in [9.17, 15) is 4.39 Å². The van der Waals surface area contributed by atoms with E-state index in [1.165, 1.54) is 17.8 Å². The van der Waals surface area contributed by atoms with Gasteiger partial charge in [-0.25, -0.2) is 4.39 Å². The van der Waals surface area contributed by atoms with Crippen LogP contribution in [0.4, 0.5) is 4.39 Å². The Morgan fingerprint density at radius 3 is 2.52 bits per heavy atom. The Morgan fingerprint density at radius 2 is 1.76 bits per heavy atom. The van der Waals surface area contributed by atoms with E-state index in [2.05, 4.69) is 20.4 Å². The molecular weight excluding hydrogens is 389 g/mol. The van der Waals surface area contributed by atoms with Gasteiger partial charge in [0.15, 0.2) is 11.0 Å². The van der Waals surface area contributed by atoms with Crippen LogP contribution in [0.3, 0.4) is 0 Å². The first kappa shape index (κ1) is 18.1. The van der Waals surface area contributed by atoms with Crippen molar-refractivity contribution in [2.24, 2.45) is 0 Å². The third-order valence-electron chi connectivity index (χ3n) is 4.78. The van der Waals surface area contributed by atoms with Gasteiger partial charge in [0.05, 0.1) is 10.8 Å². The van der Waals surface area contributed by atoms with Crippen LogP contribution in [0.1, 0.15) is 36.9 Å². The van der Waals surface area contributed by atoms with Gasteiger partial charge in [-0.15, -0.1) is 20.4 Å². The maximum absolute atomic E-state index is 14.3. The largest absolute Gasteiger partial charge is 0.419 e. The van der Waals surface area contributed by atoms with Crippen molar-refractivity contribution >= 4 is 11.8 Å². The van der Waals surface area contributed by atoms with Gasteiger partial charge in [0.25, 0.3) is 0 Å². The summed E-state index contributed by atoms with van der Waals surface area (Å²) < 4.78 is 22.2. The molecule has 146 valence electrons. The molecule has 4 aromatic rings. The molecular formula is C21H18FN5OS. The molecule has 0 amide bonds. The molecule has 1 atom stereocenters. The normalized spacial score (nSPS) is 14.8. The molecule has 0 N–H and O–H groups in total. The highest BCUT2D eigenvalue weighted by Gasteiger charge is 2.32. The van der Waals surface area contributed by atoms with Gasteiger partial charge in [0.1, 0.15) is 5.82 Å². The molecule has 5 rings (SSSR count). The molecule has 0 saturated heterocycles. The fourth-order valence-electron chi connectivity index (χ4n) is 3.15. The van der Waals surface area contributed by atoms with Crippen molar-refractivity contribution in [2.75, 3.05) is 0 Å². The molecule has 0 bridgehead atoms. The number of thioether (sulfide) groups is 1. The van der Waals surface area contributed by atoms with Crippen LogP contribution in [-0.4, -0.2) is 25.0 Å². The fraction of sp³-hybridized carbons (Fsp3) is 0.238. The zero-order valence-electron chi connectivity index (χ0n) is 15.7. The number of benzene rings is 2. The fourth-order valence-corrected chi connectivity index (χ4v) is 4.10. The van der Waals surface area contributed by atoms with Crippen LogP contribution >= 0.6 is 11.8 Å². The van der Waals surface area contributed by atoms with E-state index in [4.69, 9.17) is 4.42 Å². The first-order valence-electron chi connectivity index (χ1n) is 9.46. The molecule has 1 fully saturated rings. The molecule has 1 saturated carbocycles. The standard InChI is InChI=1S/C21H18FN5OS/c1-13(19-24-25-20(28-19)14-7-3-2-4-8-14)29-21-26-23-18(27(21)15-11-12-15)16-9-5-6-10-17(16)22/h2-10,13,15H,11-12H2,1H3/t13-/m0/s1. The molecule has 0 unspecified atom stereocenters. The van der Waals surface area contributed by atoms with E-state index in [-0.39, 0.29) is 11.1 Å². The third kappa shape index (κ3) is 3.55. The van der Waals surface area contributed by atoms with Crippen LogP contribution < -0.4 is 0 Å². The van der Waals surface area contributed by atoms with Gasteiger partial charge in [-0.3, -0.25) is 4.57 Å². The molecule has 8 heteroatoms. The van der Waals surface area contributed by atoms with Crippen LogP contribution in [-0.2, 0) is 0 Å². The van der Waals surface area contributed by atoms with E-state index in [1.807, 2.05) is 47.9 Å². The second-order valence-corrected chi connectivity index (χ2v) is 8.27. The molecule has 1 aliphatic carbocycles. The number of halogens is 1. The summed E-state index contributed by atoms with van der Waals surface area (Å²) in [6.07, 6.45) is 2.08. The Kier molecular flexibility index (Phi) is 4.63. The van der Waals surface area contributed by atoms with Crippen molar-refractivity contribution < 1.29 is 8.81 Å². The van der Waals surface area contributed by atoms with Crippen molar-refractivity contribution in [1.29, 1.82) is 0 Å². The topological polar surface area (TPSA) is 69.6 Å². The number of aromatic nitrogens is 5. The summed E-state index contributed by atoms with van der Waals surface area (Å²) in [5.41, 5.74) is 1.35. The molecule has 2 aromatic carbocycles. The monoisotopic (exact) mass is 407 g/mol. The summed E-state index contributed by atoms with van der Waals surface area (Å²) in [5.74, 6) is 1.28. The molecule has 0 aliphatic heterocycles. The molecule has 0 radical (unpaired) electrons. The molecule has 2 heterocycles. The van der Waals surface area contributed by atoms with Gasteiger partial charge in [0, 0.05) is 11.6 Å². The van der Waals surface area contributed by atoms with Crippen LogP contribution in [0.25, 0.3) is 22.8 Å². The molecule has 1 aliphatic rings. The second kappa shape index (κ2) is 7.44. The highest BCUT2D eigenvalue weighted by atomic mass is 32.2. The maximum Gasteiger partial charge on any atom is 0.247 e. The van der Waals surface area contributed by atoms with Crippen molar-refractivity contribution in [3.63, 3.8) is 0 Å². The van der Waals surface area contributed by atoms with Gasteiger partial charge < -0.3 is 4.42 Å². The Hall–Kier alpha value is -3.00. The minimum Gasteiger partial charge on any atom is -0.419 e. The maximum atomic E-state index is 14.3. The first-order chi connectivity index (χ1) is 14.2. The summed E-state index contributed by atoms with van der Waals surface area (Å²) in [6.45, 7) is 1.99. The quantitative estimate of drug-likeness (QED) is 0.403. The molecule has 2 aromatic heterocycles. The minimum absolute atomic E-state index is 0.116. The van der Waals surface area contributed by atoms with E-state index in [0.717, 1.165) is 23.6 Å². The Morgan fingerprint density at radius 1 is 1.00 bits per heavy atom. The lowest BCUT2D eigenvalue weighted by Crippen LogP contribution is -2.02. The number of rotatable bonds is 6. The van der Waals surface area contributed by atoms with Crippen LogP contribution in [0.15, 0.2) is 64.2 Å². The number of hydrogen-bond donors (Lipinski definition) is 0. The SMILES string of the molecule is C[C@H](Sc1nnc(-c2ccccc2F)n1C1CC1)c1nnc(-c2ccccc2)o1. The third-order valence-corrected chi connectivity index (χ3v) is 5.83. The van der Waals surface area contributed by atoms with Crippen LogP contribution in [0.2, 0.25) is 0 Å². The predicted molar refractivity (Wildman–Crippen MR) is 108 cm³/mol. The van der Waals surface area contributed by atoms with Gasteiger partial charge in [-0.05, 0) is 44.0 Å². The van der Waals surface area contributed by atoms with E-state index >= 15 is 0 Å². The molecule has 0 spiro atoms. The van der Waals surface area contributed by atoms with E-state index in [0.29, 0.717) is 29.2 Å². The highest BCUT2D eigenvalue weighted by Crippen LogP contribution is 2.44. The lowest BCUT2D eigenvalue weighted by atomic mass is 10.2. The summed E-state index contributed by atoms with van der Waals surface area (Å²) in [7, 11) is 0. The lowest BCUT2D eigenvalue weighted by molar-refractivity contribution is 0.508. The summed E-state index contributed by atoms with van der Waals surface area (Å²) in [6, 6.07) is 16.6. The van der Waals surface area contributed by atoms with Crippen LogP contribution in [0.5, 0.6) is 0 Å². The zero-order valence-corrected chi connectivity index (χ0v) is 16.5. The number of nitrogens with zero attached hydrogens (tertiary/aromatic N) is 5. The van der Waals surface area contributed by atoms with E-state index < -0.39 is 0 Å². The molecule has 6 nitrogen and oxygen atoms in total. The summed E-state index contributed by atoms with van der Waals surface area (Å²) in [4.78, 5) is 0. The Bertz CT molecular complexity index is 1140. The van der Waals surface area contributed by atoms with Gasteiger partial charge in [-0.1, -0.05) is 42.1 Å². The first-order valence-corrected chi connectivity index (χ1v) is 10.3. The Labute approximate surface area is 171 Å². The number of hydrogen-bond acceptors (Lipinski definition) is 6. The van der Waals surface area contributed by atoms with Crippen LogP contribution in [0, 0.1) is 5.82 Å². The van der Waals surface area contributed by atoms with Crippen molar-refractivity contribution in [3.05, 3.63) is 66.3 Å². The van der Waals surface area contributed by atoms with Gasteiger partial charge >= 0.3 is 0 Å². The summed E-state index contributed by atoms with van der Waals surface area (Å²) in [5, 5.41) is 17.6. The predicted octanol–water partition coefficient (Wildman–Crippen LogP) is 5.32. The second-order valence-electron chi connectivity index (χ2n) is 6.96. The highest BCUT2D eigenvalue weighted by molar-refractivity contribution is 7.99. The van der Waals surface area contributed by atoms with Gasteiger partial charge in [0.2, 0.25) is 11.8 Å². The van der Waals surface area contributed by atoms with Gasteiger partial charge in [-0.2, -0.15) is 0 Å². The Balaban J connectivity index is 1.42. The van der Waals surface area contributed by atoms with Crippen molar-refractivity contribution in [2.45, 2.75) is 36.2 Å². The summed E-state index contributed by atoms with van der Waals surface area (Å²) >= 11 is 1.49.